The van der Waals surface area contributed by atoms with Gasteiger partial charge in [-0.1, -0.05) is 0 Å². The molecule has 2 N–H and O–H groups in total. The second kappa shape index (κ2) is 3.92. The number of hydrogen-bond acceptors (Lipinski definition) is 4. The van der Waals surface area contributed by atoms with Gasteiger partial charge in [0.1, 0.15) is 12.1 Å². The van der Waals surface area contributed by atoms with Gasteiger partial charge in [-0.05, 0) is 12.8 Å². The van der Waals surface area contributed by atoms with Gasteiger partial charge in [0, 0.05) is 13.0 Å². The fourth-order valence-electron chi connectivity index (χ4n) is 2.16. The summed E-state index contributed by atoms with van der Waals surface area (Å²) in [5.74, 6) is -0.785. The van der Waals surface area contributed by atoms with E-state index in [-0.39, 0.29) is 18.9 Å². The van der Waals surface area contributed by atoms with Crippen LogP contribution in [-0.4, -0.2) is 42.9 Å². The highest BCUT2D eigenvalue weighted by Crippen LogP contribution is 2.35. The number of hydrogen-bond donors (Lipinski definition) is 2. The topological polar surface area (TPSA) is 53.9 Å². The number of aliphatic hydroxyl groups excluding tert-OH is 1. The Morgan fingerprint density at radius 1 is 1.53 bits per heavy atom. The Morgan fingerprint density at radius 3 is 2.87 bits per heavy atom. The number of alkyl halides is 2. The lowest BCUT2D eigenvalue weighted by molar-refractivity contribution is -0.0367. The number of fused-ring (bicyclic) bond motifs is 1. The molecule has 0 bridgehead atoms. The third-order valence-corrected chi connectivity index (χ3v) is 2.95. The van der Waals surface area contributed by atoms with Gasteiger partial charge in [0.2, 0.25) is 6.43 Å². The molecule has 1 heterocycles. The molecule has 0 aromatic heterocycles. The van der Waals surface area contributed by atoms with Gasteiger partial charge in [-0.3, -0.25) is 0 Å². The Labute approximate surface area is 86.3 Å². The number of aliphatic imine (C=N–C) groups is 1. The minimum absolute atomic E-state index is 0.0999. The summed E-state index contributed by atoms with van der Waals surface area (Å²) in [6, 6.07) is -0.0542. The van der Waals surface area contributed by atoms with Crippen LogP contribution >= 0.6 is 0 Å². The first-order valence-electron chi connectivity index (χ1n) is 5.00. The zero-order chi connectivity index (χ0) is 11.0. The van der Waals surface area contributed by atoms with E-state index in [0.29, 0.717) is 6.02 Å². The fraction of sp³-hybridized carbons (Fsp3) is 0.889. The number of halogens is 2. The van der Waals surface area contributed by atoms with Crippen LogP contribution in [0.4, 0.5) is 8.78 Å². The van der Waals surface area contributed by atoms with Crippen LogP contribution in [0, 0.1) is 5.92 Å². The van der Waals surface area contributed by atoms with Crippen LogP contribution in [0.3, 0.4) is 0 Å². The highest BCUT2D eigenvalue weighted by molar-refractivity contribution is 5.75. The second-order valence-electron chi connectivity index (χ2n) is 3.96. The van der Waals surface area contributed by atoms with Crippen LogP contribution in [0.25, 0.3) is 0 Å². The van der Waals surface area contributed by atoms with Crippen LogP contribution in [0.15, 0.2) is 4.99 Å². The van der Waals surface area contributed by atoms with Crippen LogP contribution < -0.4 is 5.32 Å². The molecule has 0 amide bonds. The van der Waals surface area contributed by atoms with Gasteiger partial charge in [0.15, 0.2) is 0 Å². The van der Waals surface area contributed by atoms with Gasteiger partial charge in [0.05, 0.1) is 6.10 Å². The number of aliphatic hydroxyl groups is 1. The van der Waals surface area contributed by atoms with Crippen molar-refractivity contribution in [2.45, 2.75) is 37.5 Å². The van der Waals surface area contributed by atoms with E-state index in [4.69, 9.17) is 4.74 Å². The average Bonchev–Trinajstić information content (AvgIpc) is 2.61. The van der Waals surface area contributed by atoms with Crippen molar-refractivity contribution in [2.24, 2.45) is 10.9 Å². The van der Waals surface area contributed by atoms with Crippen molar-refractivity contribution in [1.29, 1.82) is 0 Å². The zero-order valence-electron chi connectivity index (χ0n) is 8.36. The molecule has 0 aromatic rings. The molecule has 1 fully saturated rings. The van der Waals surface area contributed by atoms with E-state index in [1.807, 2.05) is 0 Å². The average molecular weight is 220 g/mol. The van der Waals surface area contributed by atoms with Gasteiger partial charge in [-0.25, -0.2) is 13.8 Å². The molecule has 15 heavy (non-hydrogen) atoms. The molecule has 2 rings (SSSR count). The summed E-state index contributed by atoms with van der Waals surface area (Å²) in [5.41, 5.74) is 0. The van der Waals surface area contributed by atoms with E-state index in [0.717, 1.165) is 0 Å². The van der Waals surface area contributed by atoms with E-state index >= 15 is 0 Å². The molecular formula is C9H14F2N2O2. The standard InChI is InChI=1S/C9H14F2N2O2/c1-12-9-13-7-5(14)2-4(8(10)11)3-6(7)15-9/h4-8,14H,2-3H2,1H3,(H,12,13)/t4-,5+,6+,7-/m1/s1. The molecule has 0 aromatic carbocycles. The predicted octanol–water partition coefficient (Wildman–Crippen LogP) is 0.365. The highest BCUT2D eigenvalue weighted by Gasteiger charge is 2.44. The first-order valence-corrected chi connectivity index (χ1v) is 5.00. The minimum atomic E-state index is -2.40. The summed E-state index contributed by atoms with van der Waals surface area (Å²) in [5, 5.41) is 12.4. The molecule has 4 atom stereocenters. The largest absolute Gasteiger partial charge is 0.460 e. The van der Waals surface area contributed by atoms with Gasteiger partial charge < -0.3 is 15.2 Å². The van der Waals surface area contributed by atoms with Gasteiger partial charge in [-0.2, -0.15) is 0 Å². The molecule has 2 aliphatic rings. The minimum Gasteiger partial charge on any atom is -0.460 e. The maximum absolute atomic E-state index is 12.5. The van der Waals surface area contributed by atoms with Gasteiger partial charge in [0.25, 0.3) is 6.02 Å². The van der Waals surface area contributed by atoms with E-state index in [9.17, 15) is 13.9 Å². The predicted molar refractivity (Wildman–Crippen MR) is 49.9 cm³/mol. The van der Waals surface area contributed by atoms with Gasteiger partial charge >= 0.3 is 0 Å². The molecule has 86 valence electrons. The van der Waals surface area contributed by atoms with Crippen molar-refractivity contribution >= 4 is 6.02 Å². The smallest absolute Gasteiger partial charge is 0.285 e. The first kappa shape index (κ1) is 10.6. The Balaban J connectivity index is 2.05. The molecular weight excluding hydrogens is 206 g/mol. The number of ether oxygens (including phenoxy) is 1. The quantitative estimate of drug-likeness (QED) is 0.671. The zero-order valence-corrected chi connectivity index (χ0v) is 8.36. The SMILES string of the molecule is CNC1=N[C@H]2[C@H](C[C@H](C(F)F)C[C@@H]2O)O1. The molecule has 0 unspecified atom stereocenters. The van der Waals surface area contributed by atoms with E-state index in [1.165, 1.54) is 0 Å². The second-order valence-corrected chi connectivity index (χ2v) is 3.96. The molecule has 4 nitrogen and oxygen atoms in total. The molecule has 0 radical (unpaired) electrons. The normalized spacial score (nSPS) is 39.7. The summed E-state index contributed by atoms with van der Waals surface area (Å²) < 4.78 is 30.3. The van der Waals surface area contributed by atoms with Crippen molar-refractivity contribution in [3.63, 3.8) is 0 Å². The molecule has 0 saturated heterocycles. The monoisotopic (exact) mass is 220 g/mol. The van der Waals surface area contributed by atoms with Crippen LogP contribution in [0.2, 0.25) is 0 Å². The van der Waals surface area contributed by atoms with Crippen LogP contribution in [0.5, 0.6) is 0 Å². The Kier molecular flexibility index (Phi) is 2.77. The van der Waals surface area contributed by atoms with Crippen LogP contribution in [-0.2, 0) is 4.74 Å². The lowest BCUT2D eigenvalue weighted by Crippen LogP contribution is -2.43. The number of amidine groups is 1. The van der Waals surface area contributed by atoms with Crippen molar-refractivity contribution < 1.29 is 18.6 Å². The van der Waals surface area contributed by atoms with E-state index in [1.54, 1.807) is 7.05 Å². The van der Waals surface area contributed by atoms with Crippen molar-refractivity contribution in [3.05, 3.63) is 0 Å². The Morgan fingerprint density at radius 2 is 2.27 bits per heavy atom. The maximum Gasteiger partial charge on any atom is 0.285 e. The number of rotatable bonds is 1. The molecule has 6 heteroatoms. The summed E-state index contributed by atoms with van der Waals surface area (Å²) in [4.78, 5) is 4.09. The highest BCUT2D eigenvalue weighted by atomic mass is 19.3. The summed E-state index contributed by atoms with van der Waals surface area (Å²) in [6.07, 6.45) is -3.27. The Hall–Kier alpha value is -0.910. The van der Waals surface area contributed by atoms with E-state index in [2.05, 4.69) is 10.3 Å². The summed E-state index contributed by atoms with van der Waals surface area (Å²) in [6.45, 7) is 0. The van der Waals surface area contributed by atoms with Crippen molar-refractivity contribution in [3.8, 4) is 0 Å². The number of nitrogens with zero attached hydrogens (tertiary/aromatic N) is 1. The lowest BCUT2D eigenvalue weighted by Gasteiger charge is -2.32. The summed E-state index contributed by atoms with van der Waals surface area (Å²) >= 11 is 0. The molecule has 1 saturated carbocycles. The Bertz CT molecular complexity index is 273. The third kappa shape index (κ3) is 1.90. The molecule has 1 aliphatic heterocycles. The first-order chi connectivity index (χ1) is 7.11. The van der Waals surface area contributed by atoms with Crippen LogP contribution in [0.1, 0.15) is 12.8 Å². The van der Waals surface area contributed by atoms with Crippen molar-refractivity contribution in [2.75, 3.05) is 7.05 Å². The van der Waals surface area contributed by atoms with E-state index < -0.39 is 24.6 Å². The maximum atomic E-state index is 12.5. The summed E-state index contributed by atoms with van der Waals surface area (Å²) in [7, 11) is 1.65. The lowest BCUT2D eigenvalue weighted by atomic mass is 9.82. The fourth-order valence-corrected chi connectivity index (χ4v) is 2.16. The third-order valence-electron chi connectivity index (χ3n) is 2.95. The number of nitrogens with one attached hydrogen (secondary N) is 1. The van der Waals surface area contributed by atoms with Gasteiger partial charge in [-0.15, -0.1) is 0 Å². The molecule has 0 spiro atoms. The molecule has 1 aliphatic carbocycles. The van der Waals surface area contributed by atoms with Crippen molar-refractivity contribution in [1.82, 2.24) is 5.32 Å².